The van der Waals surface area contributed by atoms with Crippen LogP contribution in [0.1, 0.15) is 16.7 Å². The van der Waals surface area contributed by atoms with E-state index in [0.717, 1.165) is 6.42 Å². The molecule has 0 aromatic heterocycles. The SMILES string of the molecule is Cc1ccc(O)cc1Cc1ccccc1. The zero-order chi connectivity index (χ0) is 10.7. The summed E-state index contributed by atoms with van der Waals surface area (Å²) in [5, 5.41) is 9.42. The molecule has 0 saturated heterocycles. The molecule has 0 aliphatic heterocycles. The third kappa shape index (κ3) is 2.38. The van der Waals surface area contributed by atoms with Crippen LogP contribution in [0.25, 0.3) is 0 Å². The Labute approximate surface area is 90.0 Å². The molecule has 0 aliphatic carbocycles. The highest BCUT2D eigenvalue weighted by Gasteiger charge is 2.00. The van der Waals surface area contributed by atoms with Crippen LogP contribution in [0.15, 0.2) is 48.5 Å². The van der Waals surface area contributed by atoms with E-state index in [9.17, 15) is 5.11 Å². The van der Waals surface area contributed by atoms with E-state index in [4.69, 9.17) is 0 Å². The van der Waals surface area contributed by atoms with E-state index in [-0.39, 0.29) is 0 Å². The van der Waals surface area contributed by atoms with Gasteiger partial charge in [0.25, 0.3) is 0 Å². The second-order valence-corrected chi connectivity index (χ2v) is 3.77. The van der Waals surface area contributed by atoms with E-state index in [2.05, 4.69) is 19.1 Å². The van der Waals surface area contributed by atoms with Gasteiger partial charge in [-0.25, -0.2) is 0 Å². The summed E-state index contributed by atoms with van der Waals surface area (Å²) in [6.45, 7) is 2.07. The van der Waals surface area contributed by atoms with Crippen molar-refractivity contribution in [1.82, 2.24) is 0 Å². The van der Waals surface area contributed by atoms with Crippen LogP contribution < -0.4 is 0 Å². The molecule has 2 rings (SSSR count). The van der Waals surface area contributed by atoms with Crippen molar-refractivity contribution >= 4 is 0 Å². The Morgan fingerprint density at radius 3 is 2.47 bits per heavy atom. The maximum absolute atomic E-state index is 9.42. The topological polar surface area (TPSA) is 20.2 Å². The minimum absolute atomic E-state index is 0.339. The van der Waals surface area contributed by atoms with Crippen molar-refractivity contribution in [2.75, 3.05) is 0 Å². The number of benzene rings is 2. The zero-order valence-electron chi connectivity index (χ0n) is 8.77. The summed E-state index contributed by atoms with van der Waals surface area (Å²) in [6, 6.07) is 15.8. The van der Waals surface area contributed by atoms with Gasteiger partial charge in [-0.05, 0) is 42.2 Å². The van der Waals surface area contributed by atoms with Crippen LogP contribution in [0.4, 0.5) is 0 Å². The number of phenolic OH excluding ortho intramolecular Hbond substituents is 1. The van der Waals surface area contributed by atoms with Crippen LogP contribution in [-0.4, -0.2) is 5.11 Å². The molecule has 1 nitrogen and oxygen atoms in total. The first-order valence-corrected chi connectivity index (χ1v) is 5.08. The summed E-state index contributed by atoms with van der Waals surface area (Å²) in [5.74, 6) is 0.339. The largest absolute Gasteiger partial charge is 0.508 e. The van der Waals surface area contributed by atoms with E-state index >= 15 is 0 Å². The third-order valence-corrected chi connectivity index (χ3v) is 2.57. The molecule has 0 spiro atoms. The Morgan fingerprint density at radius 1 is 1.00 bits per heavy atom. The molecule has 0 heterocycles. The average molecular weight is 198 g/mol. The first-order valence-electron chi connectivity index (χ1n) is 5.08. The summed E-state index contributed by atoms with van der Waals surface area (Å²) in [5.41, 5.74) is 3.67. The van der Waals surface area contributed by atoms with E-state index < -0.39 is 0 Å². The van der Waals surface area contributed by atoms with Gasteiger partial charge in [0.2, 0.25) is 0 Å². The highest BCUT2D eigenvalue weighted by atomic mass is 16.3. The quantitative estimate of drug-likeness (QED) is 0.785. The Hall–Kier alpha value is -1.76. The fourth-order valence-electron chi connectivity index (χ4n) is 1.66. The lowest BCUT2D eigenvalue weighted by Gasteiger charge is -2.06. The lowest BCUT2D eigenvalue weighted by Crippen LogP contribution is -1.90. The van der Waals surface area contributed by atoms with E-state index in [0.29, 0.717) is 5.75 Å². The molecule has 0 bridgehead atoms. The van der Waals surface area contributed by atoms with Crippen molar-refractivity contribution in [2.24, 2.45) is 0 Å². The molecule has 2 aromatic rings. The lowest BCUT2D eigenvalue weighted by molar-refractivity contribution is 0.474. The fraction of sp³-hybridized carbons (Fsp3) is 0.143. The molecule has 2 aromatic carbocycles. The van der Waals surface area contributed by atoms with Gasteiger partial charge in [-0.1, -0.05) is 36.4 Å². The number of phenols is 1. The number of hydrogen-bond donors (Lipinski definition) is 1. The summed E-state index contributed by atoms with van der Waals surface area (Å²) in [7, 11) is 0. The summed E-state index contributed by atoms with van der Waals surface area (Å²) >= 11 is 0. The van der Waals surface area contributed by atoms with Crippen LogP contribution in [-0.2, 0) is 6.42 Å². The smallest absolute Gasteiger partial charge is 0.115 e. The molecule has 76 valence electrons. The molecule has 15 heavy (non-hydrogen) atoms. The molecule has 0 radical (unpaired) electrons. The number of rotatable bonds is 2. The number of aryl methyl sites for hydroxylation is 1. The number of aromatic hydroxyl groups is 1. The van der Waals surface area contributed by atoms with Crippen molar-refractivity contribution in [1.29, 1.82) is 0 Å². The first-order chi connectivity index (χ1) is 7.25. The first kappa shape index (κ1) is 9.78. The Bertz CT molecular complexity index is 446. The van der Waals surface area contributed by atoms with Gasteiger partial charge in [-0.2, -0.15) is 0 Å². The standard InChI is InChI=1S/C14H14O/c1-11-7-8-14(15)10-13(11)9-12-5-3-2-4-6-12/h2-8,10,15H,9H2,1H3. The Morgan fingerprint density at radius 2 is 1.73 bits per heavy atom. The average Bonchev–Trinajstić information content (AvgIpc) is 2.25. The third-order valence-electron chi connectivity index (χ3n) is 2.57. The molecular formula is C14H14O. The maximum atomic E-state index is 9.42. The van der Waals surface area contributed by atoms with Crippen LogP contribution in [0.5, 0.6) is 5.75 Å². The molecule has 0 atom stereocenters. The minimum Gasteiger partial charge on any atom is -0.508 e. The molecule has 0 aliphatic rings. The Kier molecular flexibility index (Phi) is 2.72. The molecule has 1 heteroatoms. The predicted molar refractivity (Wildman–Crippen MR) is 62.1 cm³/mol. The highest BCUT2D eigenvalue weighted by Crippen LogP contribution is 2.18. The monoisotopic (exact) mass is 198 g/mol. The van der Waals surface area contributed by atoms with Gasteiger partial charge >= 0.3 is 0 Å². The molecular weight excluding hydrogens is 184 g/mol. The fourth-order valence-corrected chi connectivity index (χ4v) is 1.66. The summed E-state index contributed by atoms with van der Waals surface area (Å²) in [6.07, 6.45) is 0.876. The van der Waals surface area contributed by atoms with Crippen molar-refractivity contribution in [3.8, 4) is 5.75 Å². The second kappa shape index (κ2) is 4.18. The van der Waals surface area contributed by atoms with Crippen molar-refractivity contribution in [3.63, 3.8) is 0 Å². The molecule has 1 N–H and O–H groups in total. The van der Waals surface area contributed by atoms with E-state index in [1.165, 1.54) is 16.7 Å². The van der Waals surface area contributed by atoms with Gasteiger partial charge in [-0.3, -0.25) is 0 Å². The van der Waals surface area contributed by atoms with E-state index in [1.807, 2.05) is 30.3 Å². The van der Waals surface area contributed by atoms with Gasteiger partial charge in [0.15, 0.2) is 0 Å². The van der Waals surface area contributed by atoms with Crippen molar-refractivity contribution < 1.29 is 5.11 Å². The second-order valence-electron chi connectivity index (χ2n) is 3.77. The normalized spacial score (nSPS) is 10.2. The van der Waals surface area contributed by atoms with Crippen LogP contribution in [0.3, 0.4) is 0 Å². The molecule has 0 amide bonds. The van der Waals surface area contributed by atoms with Gasteiger partial charge in [0.1, 0.15) is 5.75 Å². The lowest BCUT2D eigenvalue weighted by atomic mass is 10.0. The molecule has 0 unspecified atom stereocenters. The van der Waals surface area contributed by atoms with Gasteiger partial charge < -0.3 is 5.11 Å². The summed E-state index contributed by atoms with van der Waals surface area (Å²) in [4.78, 5) is 0. The van der Waals surface area contributed by atoms with Gasteiger partial charge in [0.05, 0.1) is 0 Å². The van der Waals surface area contributed by atoms with Crippen molar-refractivity contribution in [3.05, 3.63) is 65.2 Å². The predicted octanol–water partition coefficient (Wildman–Crippen LogP) is 3.29. The van der Waals surface area contributed by atoms with E-state index in [1.54, 1.807) is 6.07 Å². The number of hydrogen-bond acceptors (Lipinski definition) is 1. The minimum atomic E-state index is 0.339. The zero-order valence-corrected chi connectivity index (χ0v) is 8.77. The van der Waals surface area contributed by atoms with Gasteiger partial charge in [-0.15, -0.1) is 0 Å². The van der Waals surface area contributed by atoms with Crippen LogP contribution in [0, 0.1) is 6.92 Å². The molecule has 0 saturated carbocycles. The Balaban J connectivity index is 2.28. The summed E-state index contributed by atoms with van der Waals surface area (Å²) < 4.78 is 0. The van der Waals surface area contributed by atoms with Crippen LogP contribution in [0.2, 0.25) is 0 Å². The van der Waals surface area contributed by atoms with Gasteiger partial charge in [0, 0.05) is 0 Å². The van der Waals surface area contributed by atoms with Crippen LogP contribution >= 0.6 is 0 Å². The molecule has 0 fully saturated rings. The highest BCUT2D eigenvalue weighted by molar-refractivity contribution is 5.37. The van der Waals surface area contributed by atoms with Crippen molar-refractivity contribution in [2.45, 2.75) is 13.3 Å². The maximum Gasteiger partial charge on any atom is 0.115 e.